The molecule has 0 radical (unpaired) electrons. The number of carbonyl (C=O) groups excluding carboxylic acids is 1. The Balaban J connectivity index is 7.42. The van der Waals surface area contributed by atoms with Gasteiger partial charge in [-0.15, -0.1) is 0 Å². The Morgan fingerprint density at radius 2 is 0.714 bits per heavy atom. The molecular weight excluding hydrogens is 685 g/mol. The highest BCUT2D eigenvalue weighted by molar-refractivity contribution is 5.78. The molecule has 0 aromatic heterocycles. The molecule has 5 nitrogen and oxygen atoms in total. The molecule has 0 aromatic rings. The molecule has 42 heavy (non-hydrogen) atoms. The Hall–Kier alpha value is -2.26. The van der Waals surface area contributed by atoms with Gasteiger partial charge in [0.25, 0.3) is 0 Å². The van der Waals surface area contributed by atoms with E-state index in [2.05, 4.69) is 4.74 Å². The van der Waals surface area contributed by atoms with Crippen LogP contribution in [-0.4, -0.2) is 79.1 Å². The molecule has 0 N–H and O–H groups in total. The molecular formula is C14H5F23O5. The van der Waals surface area contributed by atoms with Crippen molar-refractivity contribution in [2.45, 2.75) is 73.4 Å². The third-order valence-electron chi connectivity index (χ3n) is 3.93. The number of alkyl halides is 23. The topological polar surface area (TPSA) is 54.0 Å². The molecule has 0 aliphatic rings. The molecule has 0 bridgehead atoms. The monoisotopic (exact) mass is 690 g/mol. The van der Waals surface area contributed by atoms with E-state index in [1.54, 1.807) is 4.74 Å². The summed E-state index contributed by atoms with van der Waals surface area (Å²) in [5, 5.41) is 0. The lowest BCUT2D eigenvalue weighted by Crippen LogP contribution is -2.71. The molecule has 0 fully saturated rings. The van der Waals surface area contributed by atoms with Crippen LogP contribution < -0.4 is 0 Å². The number of ether oxygens (including phenoxy) is 4. The van der Waals surface area contributed by atoms with Gasteiger partial charge in [-0.25, -0.2) is 4.79 Å². The van der Waals surface area contributed by atoms with Gasteiger partial charge in [0, 0.05) is 0 Å². The molecule has 0 saturated carbocycles. The second kappa shape index (κ2) is 10.7. The van der Waals surface area contributed by atoms with E-state index in [9.17, 15) is 106 Å². The summed E-state index contributed by atoms with van der Waals surface area (Å²) < 4.78 is 309. The van der Waals surface area contributed by atoms with Gasteiger partial charge in [-0.05, 0) is 6.92 Å². The van der Waals surface area contributed by atoms with E-state index in [0.717, 1.165) is 9.47 Å². The minimum absolute atomic E-state index is 0.413. The third-order valence-corrected chi connectivity index (χ3v) is 3.93. The fraction of sp³-hybridized carbons (Fsp3) is 0.929. The van der Waals surface area contributed by atoms with Crippen molar-refractivity contribution in [2.75, 3.05) is 6.61 Å². The number of hydrogen-bond donors (Lipinski definition) is 0. The molecule has 0 rings (SSSR count). The summed E-state index contributed by atoms with van der Waals surface area (Å²) in [6.45, 7) is -1.11. The summed E-state index contributed by atoms with van der Waals surface area (Å²) in [7, 11) is 0. The summed E-state index contributed by atoms with van der Waals surface area (Å²) in [5.74, 6) is -36.8. The van der Waals surface area contributed by atoms with Crippen molar-refractivity contribution >= 4 is 5.97 Å². The molecule has 3 atom stereocenters. The van der Waals surface area contributed by atoms with E-state index >= 15 is 0 Å². The summed E-state index contributed by atoms with van der Waals surface area (Å²) in [6, 6.07) is 0. The van der Waals surface area contributed by atoms with Crippen molar-refractivity contribution in [3.8, 4) is 0 Å². The van der Waals surface area contributed by atoms with Crippen molar-refractivity contribution in [3.05, 3.63) is 0 Å². The van der Waals surface area contributed by atoms with Crippen LogP contribution in [0.25, 0.3) is 0 Å². The standard InChI is InChI=1S/C14H5F23O5/c1-2-39-3(38)4(15,8(19,20)21)40-13(34,35)7(18,12(31,32)33)42-14(36,37)6(17,11(28,29)30)41-5(16,9(22,23)24)10(25,26)27/h2H2,1H3. The SMILES string of the molecule is CCOC(=O)C(F)(OC(F)(F)C(F)(OC(F)(F)C(F)(OC(F)(C(F)(F)F)C(F)(F)F)C(F)(F)F)C(F)(F)F)C(F)(F)F. The van der Waals surface area contributed by atoms with Gasteiger partial charge in [0.05, 0.1) is 6.61 Å². The van der Waals surface area contributed by atoms with Gasteiger partial charge in [-0.3, -0.25) is 14.2 Å². The number of carbonyl (C=O) groups is 1. The molecule has 0 aliphatic carbocycles. The Kier molecular flexibility index (Phi) is 10.1. The molecule has 0 heterocycles. The quantitative estimate of drug-likeness (QED) is 0.179. The van der Waals surface area contributed by atoms with E-state index < -0.39 is 79.1 Å². The first-order valence-corrected chi connectivity index (χ1v) is 8.98. The third kappa shape index (κ3) is 6.62. The number of hydrogen-bond acceptors (Lipinski definition) is 5. The minimum Gasteiger partial charge on any atom is -0.462 e. The lowest BCUT2D eigenvalue weighted by Gasteiger charge is -2.43. The highest BCUT2D eigenvalue weighted by Gasteiger charge is 2.89. The predicted molar refractivity (Wildman–Crippen MR) is 75.4 cm³/mol. The maximum absolute atomic E-state index is 14.2. The van der Waals surface area contributed by atoms with Crippen LogP contribution in [0.3, 0.4) is 0 Å². The first-order valence-electron chi connectivity index (χ1n) is 8.98. The van der Waals surface area contributed by atoms with Gasteiger partial charge in [0.1, 0.15) is 0 Å². The molecule has 0 aliphatic heterocycles. The average molecular weight is 690 g/mol. The zero-order valence-electron chi connectivity index (χ0n) is 18.4. The lowest BCUT2D eigenvalue weighted by atomic mass is 10.2. The van der Waals surface area contributed by atoms with Crippen molar-refractivity contribution in [3.63, 3.8) is 0 Å². The first-order chi connectivity index (χ1) is 17.9. The normalized spacial score (nSPS) is 19.5. The van der Waals surface area contributed by atoms with Crippen molar-refractivity contribution in [2.24, 2.45) is 0 Å². The second-order valence-corrected chi connectivity index (χ2v) is 6.93. The minimum atomic E-state index is -8.81. The second-order valence-electron chi connectivity index (χ2n) is 6.93. The predicted octanol–water partition coefficient (Wildman–Crippen LogP) is 7.26. The molecule has 3 unspecified atom stereocenters. The van der Waals surface area contributed by atoms with E-state index in [-0.39, 0.29) is 0 Å². The van der Waals surface area contributed by atoms with Crippen LogP contribution in [0, 0.1) is 0 Å². The van der Waals surface area contributed by atoms with E-state index in [1.807, 2.05) is 0 Å². The number of rotatable bonds is 10. The molecule has 28 heteroatoms. The highest BCUT2D eigenvalue weighted by Crippen LogP contribution is 2.59. The van der Waals surface area contributed by atoms with Crippen LogP contribution >= 0.6 is 0 Å². The lowest BCUT2D eigenvalue weighted by molar-refractivity contribution is -0.579. The van der Waals surface area contributed by atoms with Crippen LogP contribution in [0.2, 0.25) is 0 Å². The van der Waals surface area contributed by atoms with Crippen molar-refractivity contribution in [1.29, 1.82) is 0 Å². The van der Waals surface area contributed by atoms with Gasteiger partial charge in [-0.2, -0.15) is 101 Å². The molecule has 0 aromatic carbocycles. The van der Waals surface area contributed by atoms with Gasteiger partial charge in [-0.1, -0.05) is 0 Å². The molecule has 252 valence electrons. The Morgan fingerprint density at radius 3 is 0.976 bits per heavy atom. The Morgan fingerprint density at radius 1 is 0.429 bits per heavy atom. The molecule has 0 saturated heterocycles. The maximum Gasteiger partial charge on any atom is 0.460 e. The van der Waals surface area contributed by atoms with Gasteiger partial charge in [0.15, 0.2) is 0 Å². The zero-order valence-corrected chi connectivity index (χ0v) is 18.4. The highest BCUT2D eigenvalue weighted by atomic mass is 19.4. The van der Waals surface area contributed by atoms with Gasteiger partial charge >= 0.3 is 72.5 Å². The first kappa shape index (κ1) is 39.7. The van der Waals surface area contributed by atoms with Gasteiger partial charge < -0.3 is 4.74 Å². The maximum atomic E-state index is 14.2. The largest absolute Gasteiger partial charge is 0.462 e. The van der Waals surface area contributed by atoms with Crippen molar-refractivity contribution in [1.82, 2.24) is 0 Å². The molecule has 0 amide bonds. The van der Waals surface area contributed by atoms with Crippen LogP contribution in [0.15, 0.2) is 0 Å². The van der Waals surface area contributed by atoms with Gasteiger partial charge in [0.2, 0.25) is 0 Å². The summed E-state index contributed by atoms with van der Waals surface area (Å²) in [6.07, 6.45) is -57.8. The summed E-state index contributed by atoms with van der Waals surface area (Å²) in [4.78, 5) is 11.0. The zero-order chi connectivity index (χ0) is 34.6. The van der Waals surface area contributed by atoms with Crippen LogP contribution in [0.5, 0.6) is 0 Å². The number of esters is 1. The van der Waals surface area contributed by atoms with E-state index in [1.165, 1.54) is 0 Å². The Bertz CT molecular complexity index is 947. The van der Waals surface area contributed by atoms with Crippen LogP contribution in [-0.2, 0) is 23.7 Å². The average Bonchev–Trinajstić information content (AvgIpc) is 2.68. The summed E-state index contributed by atoms with van der Waals surface area (Å²) >= 11 is 0. The Labute approximate surface area is 212 Å². The fourth-order valence-corrected chi connectivity index (χ4v) is 1.96. The number of halogens is 23. The van der Waals surface area contributed by atoms with Crippen LogP contribution in [0.1, 0.15) is 6.92 Å². The van der Waals surface area contributed by atoms with E-state index in [0.29, 0.717) is 6.92 Å². The smallest absolute Gasteiger partial charge is 0.460 e. The van der Waals surface area contributed by atoms with E-state index in [4.69, 9.17) is 0 Å². The summed E-state index contributed by atoms with van der Waals surface area (Å²) in [5.41, 5.74) is 0. The molecule has 0 spiro atoms. The van der Waals surface area contributed by atoms with Crippen LogP contribution in [0.4, 0.5) is 101 Å². The van der Waals surface area contributed by atoms with Crippen molar-refractivity contribution < 1.29 is 125 Å². The fourth-order valence-electron chi connectivity index (χ4n) is 1.96.